The van der Waals surface area contributed by atoms with Crippen LogP contribution in [-0.4, -0.2) is 20.2 Å². The summed E-state index contributed by atoms with van der Waals surface area (Å²) in [7, 11) is 0. The topological polar surface area (TPSA) is 66.5 Å². The number of anilines is 2. The molecule has 31 heavy (non-hydrogen) atoms. The van der Waals surface area contributed by atoms with Crippen molar-refractivity contribution in [3.05, 3.63) is 78.0 Å². The highest BCUT2D eigenvalue weighted by molar-refractivity contribution is 5.82. The number of aromatic nitrogens is 4. The Hall–Kier alpha value is -3.28. The van der Waals surface area contributed by atoms with E-state index in [1.54, 1.807) is 12.1 Å². The molecule has 158 valence electrons. The number of H-pyrrole nitrogens is 1. The minimum Gasteiger partial charge on any atom is -0.323 e. The van der Waals surface area contributed by atoms with Crippen molar-refractivity contribution in [1.29, 1.82) is 0 Å². The Morgan fingerprint density at radius 2 is 1.84 bits per heavy atom. The lowest BCUT2D eigenvalue weighted by Crippen LogP contribution is -2.19. The van der Waals surface area contributed by atoms with Gasteiger partial charge in [0.2, 0.25) is 5.95 Å². The van der Waals surface area contributed by atoms with Crippen LogP contribution in [0.15, 0.2) is 60.8 Å². The third-order valence-electron chi connectivity index (χ3n) is 6.62. The Bertz CT molecular complexity index is 1160. The van der Waals surface area contributed by atoms with E-state index in [0.29, 0.717) is 23.7 Å². The summed E-state index contributed by atoms with van der Waals surface area (Å²) in [5, 5.41) is 11.7. The van der Waals surface area contributed by atoms with E-state index in [4.69, 9.17) is 0 Å². The van der Waals surface area contributed by atoms with E-state index >= 15 is 0 Å². The Labute approximate surface area is 181 Å². The number of fused-ring (bicyclic) bond motifs is 1. The van der Waals surface area contributed by atoms with Crippen LogP contribution in [0.4, 0.5) is 16.0 Å². The molecule has 1 aliphatic carbocycles. The number of halogens is 1. The van der Waals surface area contributed by atoms with Crippen molar-refractivity contribution in [2.45, 2.75) is 44.4 Å². The van der Waals surface area contributed by atoms with Crippen LogP contribution in [0.25, 0.3) is 10.9 Å². The number of pyridine rings is 1. The lowest BCUT2D eigenvalue weighted by molar-refractivity contribution is 0.286. The molecule has 5 nitrogen and oxygen atoms in total. The molecule has 0 saturated heterocycles. The highest BCUT2D eigenvalue weighted by atomic mass is 19.1. The summed E-state index contributed by atoms with van der Waals surface area (Å²) in [5.41, 5.74) is 3.07. The molecule has 0 spiro atoms. The normalized spacial score (nSPS) is 19.9. The number of para-hydroxylation sites is 1. The van der Waals surface area contributed by atoms with Crippen molar-refractivity contribution in [3.8, 4) is 0 Å². The molecule has 2 N–H and O–H groups in total. The van der Waals surface area contributed by atoms with Gasteiger partial charge < -0.3 is 5.32 Å². The van der Waals surface area contributed by atoms with Gasteiger partial charge in [-0.05, 0) is 79.5 Å². The second-order valence-electron chi connectivity index (χ2n) is 8.50. The molecule has 0 radical (unpaired) electrons. The zero-order chi connectivity index (χ0) is 21.2. The van der Waals surface area contributed by atoms with Crippen molar-refractivity contribution < 1.29 is 4.39 Å². The van der Waals surface area contributed by atoms with Crippen LogP contribution in [-0.2, 0) is 0 Å². The summed E-state index contributed by atoms with van der Waals surface area (Å²) < 4.78 is 13.8. The lowest BCUT2D eigenvalue weighted by atomic mass is 9.73. The summed E-state index contributed by atoms with van der Waals surface area (Å²) in [6.07, 6.45) is 6.27. The number of nitrogens with one attached hydrogen (secondary N) is 2. The van der Waals surface area contributed by atoms with E-state index in [1.165, 1.54) is 11.6 Å². The average molecular weight is 416 g/mol. The molecule has 5 rings (SSSR count). The molecule has 2 aromatic heterocycles. The molecule has 1 fully saturated rings. The van der Waals surface area contributed by atoms with Gasteiger partial charge in [-0.25, -0.2) is 4.39 Å². The smallest absolute Gasteiger partial charge is 0.246 e. The summed E-state index contributed by atoms with van der Waals surface area (Å²) >= 11 is 0. The van der Waals surface area contributed by atoms with E-state index in [9.17, 15) is 4.39 Å². The van der Waals surface area contributed by atoms with Crippen molar-refractivity contribution >= 4 is 22.5 Å². The Balaban J connectivity index is 1.25. The fourth-order valence-electron chi connectivity index (χ4n) is 4.83. The number of benzene rings is 2. The van der Waals surface area contributed by atoms with E-state index in [-0.39, 0.29) is 5.82 Å². The van der Waals surface area contributed by atoms with Crippen LogP contribution in [0.3, 0.4) is 0 Å². The van der Waals surface area contributed by atoms with Crippen LogP contribution in [0.1, 0.15) is 55.8 Å². The minimum atomic E-state index is -0.200. The fourth-order valence-corrected chi connectivity index (χ4v) is 4.83. The molecular weight excluding hydrogens is 389 g/mol. The monoisotopic (exact) mass is 415 g/mol. The highest BCUT2D eigenvalue weighted by Crippen LogP contribution is 2.42. The van der Waals surface area contributed by atoms with Gasteiger partial charge in [-0.3, -0.25) is 10.1 Å². The van der Waals surface area contributed by atoms with E-state index in [1.807, 2.05) is 36.5 Å². The van der Waals surface area contributed by atoms with Gasteiger partial charge in [0, 0.05) is 23.2 Å². The summed E-state index contributed by atoms with van der Waals surface area (Å²) in [5.74, 6) is 2.64. The van der Waals surface area contributed by atoms with Gasteiger partial charge in [-0.1, -0.05) is 25.1 Å². The van der Waals surface area contributed by atoms with Gasteiger partial charge in [0.1, 0.15) is 11.6 Å². The van der Waals surface area contributed by atoms with Crippen LogP contribution in [0.5, 0.6) is 0 Å². The average Bonchev–Trinajstić information content (AvgIpc) is 3.27. The van der Waals surface area contributed by atoms with Crippen LogP contribution in [0.2, 0.25) is 0 Å². The maximum Gasteiger partial charge on any atom is 0.246 e. The Morgan fingerprint density at radius 1 is 1.03 bits per heavy atom. The summed E-state index contributed by atoms with van der Waals surface area (Å²) in [6, 6.07) is 16.9. The zero-order valence-electron chi connectivity index (χ0n) is 17.6. The maximum atomic E-state index is 13.8. The van der Waals surface area contributed by atoms with Gasteiger partial charge in [0.05, 0.1) is 5.52 Å². The van der Waals surface area contributed by atoms with Gasteiger partial charge in [-0.15, -0.1) is 5.10 Å². The van der Waals surface area contributed by atoms with E-state index in [2.05, 4.69) is 38.5 Å². The number of nitrogens with zero attached hydrogens (tertiary/aromatic N) is 3. The van der Waals surface area contributed by atoms with Crippen molar-refractivity contribution in [2.75, 3.05) is 5.32 Å². The van der Waals surface area contributed by atoms with Gasteiger partial charge in [0.25, 0.3) is 0 Å². The first-order chi connectivity index (χ1) is 15.2. The predicted octanol–water partition coefficient (Wildman–Crippen LogP) is 6.31. The molecular formula is C25H26FN5. The Kier molecular flexibility index (Phi) is 5.37. The second kappa shape index (κ2) is 8.46. The molecule has 6 heteroatoms. The van der Waals surface area contributed by atoms with Crippen molar-refractivity contribution in [3.63, 3.8) is 0 Å². The quantitative estimate of drug-likeness (QED) is 0.401. The Morgan fingerprint density at radius 3 is 2.65 bits per heavy atom. The first kappa shape index (κ1) is 19.7. The molecule has 2 aromatic carbocycles. The highest BCUT2D eigenvalue weighted by Gasteiger charge is 2.29. The van der Waals surface area contributed by atoms with Crippen LogP contribution < -0.4 is 5.32 Å². The molecule has 1 saturated carbocycles. The first-order valence-corrected chi connectivity index (χ1v) is 11.0. The van der Waals surface area contributed by atoms with Crippen molar-refractivity contribution in [1.82, 2.24) is 20.2 Å². The molecule has 1 aliphatic rings. The van der Waals surface area contributed by atoms with E-state index in [0.717, 1.165) is 48.1 Å². The lowest BCUT2D eigenvalue weighted by Gasteiger charge is -2.32. The van der Waals surface area contributed by atoms with Crippen LogP contribution >= 0.6 is 0 Å². The maximum absolute atomic E-state index is 13.8. The SMILES string of the molecule is C[C@@H](c1nc(Nc2ccccc2)n[nH]1)C1CCC(c2ccnc3ccc(F)cc23)CC1. The number of rotatable bonds is 5. The zero-order valence-corrected chi connectivity index (χ0v) is 17.6. The molecule has 2 heterocycles. The predicted molar refractivity (Wildman–Crippen MR) is 121 cm³/mol. The van der Waals surface area contributed by atoms with Gasteiger partial charge in [0.15, 0.2) is 0 Å². The largest absolute Gasteiger partial charge is 0.323 e. The third kappa shape index (κ3) is 4.15. The van der Waals surface area contributed by atoms with E-state index < -0.39 is 0 Å². The second-order valence-corrected chi connectivity index (χ2v) is 8.50. The van der Waals surface area contributed by atoms with Gasteiger partial charge >= 0.3 is 0 Å². The number of hydrogen-bond donors (Lipinski definition) is 2. The molecule has 0 bridgehead atoms. The summed E-state index contributed by atoms with van der Waals surface area (Å²) in [6.45, 7) is 2.23. The number of aromatic amines is 1. The standard InChI is InChI=1S/C25H26FN5/c1-16(24-29-25(31-30-24)28-20-5-3-2-4-6-20)17-7-9-18(10-8-17)21-13-14-27-23-12-11-19(26)15-22(21)23/h2-6,11-18H,7-10H2,1H3,(H2,28,29,30,31)/t16-,17?,18?/m1/s1. The first-order valence-electron chi connectivity index (χ1n) is 11.0. The van der Waals surface area contributed by atoms with Crippen molar-refractivity contribution in [2.24, 2.45) is 5.92 Å². The number of hydrogen-bond acceptors (Lipinski definition) is 4. The molecule has 0 amide bonds. The minimum absolute atomic E-state index is 0.200. The molecule has 0 aliphatic heterocycles. The molecule has 0 unspecified atom stereocenters. The van der Waals surface area contributed by atoms with Crippen LogP contribution in [0, 0.1) is 11.7 Å². The molecule has 1 atom stereocenters. The third-order valence-corrected chi connectivity index (χ3v) is 6.62. The van der Waals surface area contributed by atoms with Gasteiger partial charge in [-0.2, -0.15) is 4.98 Å². The summed E-state index contributed by atoms with van der Waals surface area (Å²) in [4.78, 5) is 9.08. The molecule has 4 aromatic rings. The fraction of sp³-hybridized carbons (Fsp3) is 0.320.